The second kappa shape index (κ2) is 7.04. The molecule has 8 heteroatoms. The smallest absolute Gasteiger partial charge is 0.224 e. The first kappa shape index (κ1) is 16.0. The first-order chi connectivity index (χ1) is 9.96. The minimum atomic E-state index is -3.22. The van der Waals surface area contributed by atoms with Crippen molar-refractivity contribution in [3.63, 3.8) is 0 Å². The molecule has 1 atom stereocenters. The fraction of sp³-hybridized carbons (Fsp3) is 0.692. The van der Waals surface area contributed by atoms with Crippen LogP contribution in [0.2, 0.25) is 0 Å². The Morgan fingerprint density at radius 2 is 2.24 bits per heavy atom. The lowest BCUT2D eigenvalue weighted by molar-refractivity contribution is -0.134. The summed E-state index contributed by atoms with van der Waals surface area (Å²) in [5.41, 5.74) is 0. The van der Waals surface area contributed by atoms with E-state index in [0.717, 1.165) is 25.5 Å². The Morgan fingerprint density at radius 3 is 2.90 bits per heavy atom. The van der Waals surface area contributed by atoms with Crippen molar-refractivity contribution >= 4 is 15.9 Å². The minimum absolute atomic E-state index is 0.0382. The maximum absolute atomic E-state index is 12.3. The highest BCUT2D eigenvalue weighted by Crippen LogP contribution is 2.18. The van der Waals surface area contributed by atoms with Gasteiger partial charge in [0, 0.05) is 44.5 Å². The van der Waals surface area contributed by atoms with Crippen LogP contribution in [0.4, 0.5) is 0 Å². The number of likely N-dealkylation sites (tertiary alicyclic amines) is 1. The van der Waals surface area contributed by atoms with E-state index >= 15 is 0 Å². The lowest BCUT2D eigenvalue weighted by Crippen LogP contribution is -2.49. The summed E-state index contributed by atoms with van der Waals surface area (Å²) in [5, 5.41) is 0. The molecule has 2 heterocycles. The number of hydrogen-bond acceptors (Lipinski definition) is 4. The van der Waals surface area contributed by atoms with Gasteiger partial charge in [-0.1, -0.05) is 0 Å². The average molecular weight is 314 g/mol. The van der Waals surface area contributed by atoms with Crippen molar-refractivity contribution in [3.05, 3.63) is 18.7 Å². The van der Waals surface area contributed by atoms with E-state index in [9.17, 15) is 13.2 Å². The van der Waals surface area contributed by atoms with Gasteiger partial charge in [0.1, 0.15) is 0 Å². The summed E-state index contributed by atoms with van der Waals surface area (Å²) in [7, 11) is -3.22. The molecule has 21 heavy (non-hydrogen) atoms. The fourth-order valence-electron chi connectivity index (χ4n) is 2.58. The molecule has 118 valence electrons. The Morgan fingerprint density at radius 1 is 1.43 bits per heavy atom. The highest BCUT2D eigenvalue weighted by Gasteiger charge is 2.26. The Bertz CT molecular complexity index is 556. The van der Waals surface area contributed by atoms with Crippen LogP contribution in [0, 0.1) is 0 Å². The number of rotatable bonds is 6. The molecule has 0 saturated carbocycles. The number of aryl methyl sites for hydroxylation is 1. The van der Waals surface area contributed by atoms with E-state index in [4.69, 9.17) is 0 Å². The number of carbonyl (C=O) groups excluding carboxylic acids is 1. The number of carbonyl (C=O) groups is 1. The predicted molar refractivity (Wildman–Crippen MR) is 79.0 cm³/mol. The van der Waals surface area contributed by atoms with Crippen LogP contribution < -0.4 is 4.72 Å². The SMILES string of the molecule is CS(=O)(=O)NCC1CCCCN1C(=O)CCn1ccnc1. The van der Waals surface area contributed by atoms with Crippen LogP contribution in [0.1, 0.15) is 25.7 Å². The summed E-state index contributed by atoms with van der Waals surface area (Å²) in [6, 6.07) is -0.0382. The van der Waals surface area contributed by atoms with Crippen molar-refractivity contribution in [2.75, 3.05) is 19.3 Å². The summed E-state index contributed by atoms with van der Waals surface area (Å²) in [6.07, 6.45) is 9.60. The van der Waals surface area contributed by atoms with E-state index < -0.39 is 10.0 Å². The third kappa shape index (κ3) is 5.13. The lowest BCUT2D eigenvalue weighted by atomic mass is 10.0. The van der Waals surface area contributed by atoms with Gasteiger partial charge in [0.2, 0.25) is 15.9 Å². The van der Waals surface area contributed by atoms with Crippen LogP contribution in [0.3, 0.4) is 0 Å². The number of sulfonamides is 1. The molecule has 1 aromatic rings. The summed E-state index contributed by atoms with van der Waals surface area (Å²) in [6.45, 7) is 1.61. The zero-order valence-electron chi connectivity index (χ0n) is 12.2. The van der Waals surface area contributed by atoms with Gasteiger partial charge in [0.25, 0.3) is 0 Å². The summed E-state index contributed by atoms with van der Waals surface area (Å²) in [4.78, 5) is 18.1. The van der Waals surface area contributed by atoms with E-state index in [-0.39, 0.29) is 11.9 Å². The van der Waals surface area contributed by atoms with Crippen molar-refractivity contribution in [3.8, 4) is 0 Å². The molecule has 0 aromatic carbocycles. The zero-order chi connectivity index (χ0) is 15.3. The first-order valence-corrected chi connectivity index (χ1v) is 9.05. The Hall–Kier alpha value is -1.41. The number of aromatic nitrogens is 2. The summed E-state index contributed by atoms with van der Waals surface area (Å²) >= 11 is 0. The van der Waals surface area contributed by atoms with Gasteiger partial charge in [-0.15, -0.1) is 0 Å². The average Bonchev–Trinajstić information content (AvgIpc) is 2.95. The normalized spacial score (nSPS) is 19.7. The van der Waals surface area contributed by atoms with Gasteiger partial charge in [-0.25, -0.2) is 18.1 Å². The van der Waals surface area contributed by atoms with Crippen molar-refractivity contribution in [1.29, 1.82) is 0 Å². The molecule has 1 unspecified atom stereocenters. The fourth-order valence-corrected chi connectivity index (χ4v) is 3.07. The zero-order valence-corrected chi connectivity index (χ0v) is 13.1. The number of amides is 1. The summed E-state index contributed by atoms with van der Waals surface area (Å²) in [5.74, 6) is 0.0729. The molecule has 1 aliphatic heterocycles. The van der Waals surface area contributed by atoms with E-state index in [1.165, 1.54) is 0 Å². The maximum atomic E-state index is 12.3. The van der Waals surface area contributed by atoms with Crippen LogP contribution in [0.5, 0.6) is 0 Å². The molecule has 0 spiro atoms. The number of nitrogens with one attached hydrogen (secondary N) is 1. The van der Waals surface area contributed by atoms with Gasteiger partial charge in [-0.2, -0.15) is 0 Å². The maximum Gasteiger partial charge on any atom is 0.224 e. The van der Waals surface area contributed by atoms with Crippen molar-refractivity contribution < 1.29 is 13.2 Å². The molecule has 0 radical (unpaired) electrons. The third-order valence-corrected chi connectivity index (χ3v) is 4.36. The Kier molecular flexibility index (Phi) is 5.35. The Balaban J connectivity index is 1.89. The van der Waals surface area contributed by atoms with Gasteiger partial charge in [0.15, 0.2) is 0 Å². The molecule has 0 aliphatic carbocycles. The highest BCUT2D eigenvalue weighted by atomic mass is 32.2. The lowest BCUT2D eigenvalue weighted by Gasteiger charge is -2.36. The van der Waals surface area contributed by atoms with Crippen molar-refractivity contribution in [1.82, 2.24) is 19.2 Å². The molecule has 1 saturated heterocycles. The topological polar surface area (TPSA) is 84.3 Å². The van der Waals surface area contributed by atoms with E-state index in [1.54, 1.807) is 12.5 Å². The molecular weight excluding hydrogens is 292 g/mol. The minimum Gasteiger partial charge on any atom is -0.338 e. The van der Waals surface area contributed by atoms with Crippen LogP contribution in [0.15, 0.2) is 18.7 Å². The molecule has 1 aromatic heterocycles. The number of piperidine rings is 1. The van der Waals surface area contributed by atoms with Crippen LogP contribution in [0.25, 0.3) is 0 Å². The van der Waals surface area contributed by atoms with E-state index in [2.05, 4.69) is 9.71 Å². The van der Waals surface area contributed by atoms with Gasteiger partial charge in [0.05, 0.1) is 12.6 Å². The molecule has 1 fully saturated rings. The molecule has 0 bridgehead atoms. The highest BCUT2D eigenvalue weighted by molar-refractivity contribution is 7.88. The monoisotopic (exact) mass is 314 g/mol. The first-order valence-electron chi connectivity index (χ1n) is 7.15. The third-order valence-electron chi connectivity index (χ3n) is 3.67. The standard InChI is InChI=1S/C13H22N4O3S/c1-21(19,20)15-10-12-4-2-3-7-17(12)13(18)5-8-16-9-6-14-11-16/h6,9,11-12,15H,2-5,7-8,10H2,1H3. The molecule has 2 rings (SSSR count). The van der Waals surface area contributed by atoms with E-state index in [1.807, 2.05) is 15.7 Å². The van der Waals surface area contributed by atoms with Gasteiger partial charge in [-0.3, -0.25) is 4.79 Å². The second-order valence-electron chi connectivity index (χ2n) is 5.41. The molecule has 1 amide bonds. The number of imidazole rings is 1. The van der Waals surface area contributed by atoms with E-state index in [0.29, 0.717) is 26.1 Å². The molecule has 1 aliphatic rings. The molecule has 7 nitrogen and oxygen atoms in total. The van der Waals surface area contributed by atoms with Crippen LogP contribution in [-0.2, 0) is 21.4 Å². The quantitative estimate of drug-likeness (QED) is 0.813. The van der Waals surface area contributed by atoms with Gasteiger partial charge in [-0.05, 0) is 19.3 Å². The number of hydrogen-bond donors (Lipinski definition) is 1. The largest absolute Gasteiger partial charge is 0.338 e. The van der Waals surface area contributed by atoms with Crippen LogP contribution >= 0.6 is 0 Å². The van der Waals surface area contributed by atoms with Crippen LogP contribution in [-0.4, -0.2) is 54.2 Å². The second-order valence-corrected chi connectivity index (χ2v) is 7.24. The van der Waals surface area contributed by atoms with Gasteiger partial charge >= 0.3 is 0 Å². The van der Waals surface area contributed by atoms with Gasteiger partial charge < -0.3 is 9.47 Å². The summed E-state index contributed by atoms with van der Waals surface area (Å²) < 4.78 is 26.8. The molecular formula is C13H22N4O3S. The predicted octanol–water partition coefficient (Wildman–Crippen LogP) is 0.204. The molecule has 1 N–H and O–H groups in total. The van der Waals surface area contributed by atoms with Crippen molar-refractivity contribution in [2.24, 2.45) is 0 Å². The van der Waals surface area contributed by atoms with Crippen molar-refractivity contribution in [2.45, 2.75) is 38.3 Å². The Labute approximate surface area is 125 Å². The number of nitrogens with zero attached hydrogens (tertiary/aromatic N) is 3.